The summed E-state index contributed by atoms with van der Waals surface area (Å²) >= 11 is 5.78. The summed E-state index contributed by atoms with van der Waals surface area (Å²) in [7, 11) is 0. The standard InChI is InChI=1S/C16H10ClFN4O2/c17-10-6-5-9(11(18)7-10)8-21-12-3-1-2-4-13(12)22-15(24)14(23)19-20-16(21)22/h1-7H,8H2,(H,19,23). The molecule has 0 aliphatic heterocycles. The predicted molar refractivity (Wildman–Crippen MR) is 88.1 cm³/mol. The predicted octanol–water partition coefficient (Wildman–Crippen LogP) is 2.18. The SMILES string of the molecule is O=c1[nH]nc2n(Cc3ccc(Cl)cc3F)c3ccccc3n2c1=O. The number of aromatic nitrogens is 4. The molecule has 8 heteroatoms. The summed E-state index contributed by atoms with van der Waals surface area (Å²) in [6.07, 6.45) is 0. The molecular weight excluding hydrogens is 335 g/mol. The van der Waals surface area contributed by atoms with Gasteiger partial charge in [0.2, 0.25) is 5.78 Å². The molecule has 0 saturated carbocycles. The van der Waals surface area contributed by atoms with Crippen LogP contribution >= 0.6 is 11.6 Å². The lowest BCUT2D eigenvalue weighted by molar-refractivity contribution is 0.602. The van der Waals surface area contributed by atoms with E-state index in [2.05, 4.69) is 10.2 Å². The number of halogens is 2. The second kappa shape index (κ2) is 5.31. The molecule has 0 atom stereocenters. The maximum Gasteiger partial charge on any atom is 0.330 e. The van der Waals surface area contributed by atoms with Crippen molar-refractivity contribution in [3.05, 3.63) is 79.6 Å². The zero-order valence-electron chi connectivity index (χ0n) is 12.2. The van der Waals surface area contributed by atoms with Crippen LogP contribution in [0.15, 0.2) is 52.1 Å². The summed E-state index contributed by atoms with van der Waals surface area (Å²) < 4.78 is 17.0. The Bertz CT molecular complexity index is 1210. The summed E-state index contributed by atoms with van der Waals surface area (Å²) in [4.78, 5) is 23.8. The first-order valence-electron chi connectivity index (χ1n) is 7.09. The molecule has 2 heterocycles. The minimum absolute atomic E-state index is 0.137. The third-order valence-corrected chi connectivity index (χ3v) is 4.09. The summed E-state index contributed by atoms with van der Waals surface area (Å²) in [6, 6.07) is 11.4. The fourth-order valence-corrected chi connectivity index (χ4v) is 2.91. The molecule has 4 rings (SSSR count). The lowest BCUT2D eigenvalue weighted by Crippen LogP contribution is -2.33. The summed E-state index contributed by atoms with van der Waals surface area (Å²) in [6.45, 7) is 0.137. The number of fused-ring (bicyclic) bond motifs is 3. The van der Waals surface area contributed by atoms with Crippen LogP contribution in [0, 0.1) is 5.82 Å². The van der Waals surface area contributed by atoms with Gasteiger partial charge in [0.05, 0.1) is 17.6 Å². The molecule has 2 aromatic carbocycles. The van der Waals surface area contributed by atoms with Gasteiger partial charge in [-0.1, -0.05) is 29.8 Å². The fraction of sp³-hybridized carbons (Fsp3) is 0.0625. The molecule has 1 N–H and O–H groups in total. The third kappa shape index (κ3) is 2.13. The van der Waals surface area contributed by atoms with E-state index >= 15 is 0 Å². The first kappa shape index (κ1) is 14.6. The van der Waals surface area contributed by atoms with Gasteiger partial charge >= 0.3 is 11.1 Å². The van der Waals surface area contributed by atoms with Crippen molar-refractivity contribution in [3.63, 3.8) is 0 Å². The topological polar surface area (TPSA) is 72.2 Å². The van der Waals surface area contributed by atoms with Gasteiger partial charge in [0.25, 0.3) is 0 Å². The summed E-state index contributed by atoms with van der Waals surface area (Å²) in [5.41, 5.74) is 0.0450. The van der Waals surface area contributed by atoms with Crippen molar-refractivity contribution in [2.24, 2.45) is 0 Å². The van der Waals surface area contributed by atoms with Gasteiger partial charge in [0.1, 0.15) is 5.82 Å². The van der Waals surface area contributed by atoms with Crippen molar-refractivity contribution in [1.29, 1.82) is 0 Å². The average molecular weight is 345 g/mol. The van der Waals surface area contributed by atoms with E-state index in [4.69, 9.17) is 11.6 Å². The van der Waals surface area contributed by atoms with E-state index < -0.39 is 16.9 Å². The average Bonchev–Trinajstić information content (AvgIpc) is 2.88. The molecule has 0 saturated heterocycles. The number of H-pyrrole nitrogens is 1. The second-order valence-electron chi connectivity index (χ2n) is 5.30. The highest BCUT2D eigenvalue weighted by atomic mass is 35.5. The Kier molecular flexibility index (Phi) is 3.24. The van der Waals surface area contributed by atoms with Gasteiger partial charge in [-0.15, -0.1) is 5.10 Å². The van der Waals surface area contributed by atoms with Crippen molar-refractivity contribution >= 4 is 28.4 Å². The van der Waals surface area contributed by atoms with E-state index in [1.165, 1.54) is 10.5 Å². The van der Waals surface area contributed by atoms with Crippen molar-refractivity contribution in [2.45, 2.75) is 6.54 Å². The molecule has 6 nitrogen and oxygen atoms in total. The van der Waals surface area contributed by atoms with Gasteiger partial charge in [0, 0.05) is 10.6 Å². The molecule has 0 amide bonds. The molecule has 2 aromatic heterocycles. The molecule has 0 aliphatic carbocycles. The van der Waals surface area contributed by atoms with Crippen LogP contribution in [-0.2, 0) is 6.54 Å². The number of aromatic amines is 1. The molecule has 0 aliphatic rings. The fourth-order valence-electron chi connectivity index (χ4n) is 2.75. The zero-order valence-corrected chi connectivity index (χ0v) is 12.9. The highest BCUT2D eigenvalue weighted by Crippen LogP contribution is 2.21. The van der Waals surface area contributed by atoms with Crippen LogP contribution in [-0.4, -0.2) is 19.2 Å². The van der Waals surface area contributed by atoms with Crippen LogP contribution in [0.2, 0.25) is 5.02 Å². The molecule has 4 aromatic rings. The summed E-state index contributed by atoms with van der Waals surface area (Å²) in [5, 5.41) is 6.44. The molecule has 120 valence electrons. The minimum Gasteiger partial charge on any atom is -0.304 e. The molecule has 0 radical (unpaired) electrons. The number of imidazole rings is 1. The first-order valence-corrected chi connectivity index (χ1v) is 7.46. The maximum absolute atomic E-state index is 14.1. The van der Waals surface area contributed by atoms with Crippen LogP contribution in [0.1, 0.15) is 5.56 Å². The molecule has 0 unspecified atom stereocenters. The highest BCUT2D eigenvalue weighted by molar-refractivity contribution is 6.30. The van der Waals surface area contributed by atoms with Crippen LogP contribution in [0.4, 0.5) is 4.39 Å². The second-order valence-corrected chi connectivity index (χ2v) is 5.74. The van der Waals surface area contributed by atoms with Gasteiger partial charge in [-0.25, -0.2) is 13.9 Å². The van der Waals surface area contributed by atoms with Crippen molar-refractivity contribution < 1.29 is 4.39 Å². The molecule has 0 fully saturated rings. The van der Waals surface area contributed by atoms with Crippen molar-refractivity contribution in [3.8, 4) is 0 Å². The Morgan fingerprint density at radius 2 is 1.88 bits per heavy atom. The van der Waals surface area contributed by atoms with E-state index in [9.17, 15) is 14.0 Å². The largest absolute Gasteiger partial charge is 0.330 e. The van der Waals surface area contributed by atoms with E-state index in [1.54, 1.807) is 41.0 Å². The Labute approximate surface area is 138 Å². The van der Waals surface area contributed by atoms with E-state index in [0.29, 0.717) is 21.6 Å². The lowest BCUT2D eigenvalue weighted by atomic mass is 10.2. The Balaban J connectivity index is 2.05. The number of rotatable bonds is 2. The minimum atomic E-state index is -0.812. The Hall–Kier alpha value is -2.93. The number of hydrogen-bond acceptors (Lipinski definition) is 3. The molecule has 0 bridgehead atoms. The van der Waals surface area contributed by atoms with Crippen LogP contribution < -0.4 is 11.1 Å². The van der Waals surface area contributed by atoms with Gasteiger partial charge < -0.3 is 4.57 Å². The summed E-state index contributed by atoms with van der Waals surface area (Å²) in [5.74, 6) is -0.222. The van der Waals surface area contributed by atoms with Gasteiger partial charge in [-0.3, -0.25) is 9.59 Å². The van der Waals surface area contributed by atoms with Crippen molar-refractivity contribution in [1.82, 2.24) is 19.2 Å². The number of benzene rings is 2. The molecule has 24 heavy (non-hydrogen) atoms. The van der Waals surface area contributed by atoms with Gasteiger partial charge in [-0.2, -0.15) is 0 Å². The lowest BCUT2D eigenvalue weighted by Gasteiger charge is -2.07. The third-order valence-electron chi connectivity index (χ3n) is 3.85. The van der Waals surface area contributed by atoms with E-state index in [1.807, 2.05) is 0 Å². The van der Waals surface area contributed by atoms with E-state index in [0.717, 1.165) is 0 Å². The number of nitrogens with zero attached hydrogens (tertiary/aromatic N) is 3. The smallest absolute Gasteiger partial charge is 0.304 e. The van der Waals surface area contributed by atoms with Gasteiger partial charge in [0.15, 0.2) is 0 Å². The number of para-hydroxylation sites is 2. The first-order chi connectivity index (χ1) is 11.6. The number of hydrogen-bond donors (Lipinski definition) is 1. The van der Waals surface area contributed by atoms with Crippen LogP contribution in [0.25, 0.3) is 16.8 Å². The Morgan fingerprint density at radius 1 is 1.12 bits per heavy atom. The van der Waals surface area contributed by atoms with Crippen molar-refractivity contribution in [2.75, 3.05) is 0 Å². The highest BCUT2D eigenvalue weighted by Gasteiger charge is 2.16. The quantitative estimate of drug-likeness (QED) is 0.566. The maximum atomic E-state index is 14.1. The number of nitrogens with one attached hydrogen (secondary N) is 1. The Morgan fingerprint density at radius 3 is 2.62 bits per heavy atom. The molecular formula is C16H10ClFN4O2. The molecule has 0 spiro atoms. The monoisotopic (exact) mass is 344 g/mol. The van der Waals surface area contributed by atoms with E-state index in [-0.39, 0.29) is 12.3 Å². The zero-order chi connectivity index (χ0) is 16.8. The van der Waals surface area contributed by atoms with Crippen LogP contribution in [0.5, 0.6) is 0 Å². The normalized spacial score (nSPS) is 11.4. The van der Waals surface area contributed by atoms with Crippen LogP contribution in [0.3, 0.4) is 0 Å². The van der Waals surface area contributed by atoms with Gasteiger partial charge in [-0.05, 0) is 24.3 Å².